The van der Waals surface area contributed by atoms with Crippen molar-refractivity contribution in [2.45, 2.75) is 31.7 Å². The molecular formula is C21H25FN2O. The van der Waals surface area contributed by atoms with Crippen molar-refractivity contribution in [3.8, 4) is 0 Å². The number of amides is 1. The van der Waals surface area contributed by atoms with Gasteiger partial charge >= 0.3 is 0 Å². The van der Waals surface area contributed by atoms with Gasteiger partial charge in [-0.2, -0.15) is 0 Å². The molecule has 0 radical (unpaired) electrons. The topological polar surface area (TPSA) is 32.3 Å². The molecule has 1 heterocycles. The quantitative estimate of drug-likeness (QED) is 0.897. The summed E-state index contributed by atoms with van der Waals surface area (Å²) in [6, 6.07) is 17.1. The van der Waals surface area contributed by atoms with Gasteiger partial charge in [0.1, 0.15) is 5.82 Å². The molecule has 1 amide bonds. The van der Waals surface area contributed by atoms with E-state index in [2.05, 4.69) is 36.5 Å². The molecule has 1 saturated heterocycles. The Kier molecular flexibility index (Phi) is 5.82. The molecule has 4 heteroatoms. The first-order valence-corrected chi connectivity index (χ1v) is 8.97. The van der Waals surface area contributed by atoms with Gasteiger partial charge in [0.15, 0.2) is 0 Å². The SMILES string of the molecule is C[C@H](CNC1CCN(C(=O)c2ccccc2F)CC1)c1ccccc1. The number of rotatable bonds is 5. The predicted molar refractivity (Wildman–Crippen MR) is 98.2 cm³/mol. The molecule has 0 aromatic heterocycles. The summed E-state index contributed by atoms with van der Waals surface area (Å²) < 4.78 is 13.8. The van der Waals surface area contributed by atoms with Crippen LogP contribution in [0.5, 0.6) is 0 Å². The lowest BCUT2D eigenvalue weighted by Gasteiger charge is -2.33. The summed E-state index contributed by atoms with van der Waals surface area (Å²) in [6.07, 6.45) is 1.81. The highest BCUT2D eigenvalue weighted by atomic mass is 19.1. The zero-order valence-electron chi connectivity index (χ0n) is 14.6. The van der Waals surface area contributed by atoms with Gasteiger partial charge < -0.3 is 10.2 Å². The zero-order chi connectivity index (χ0) is 17.6. The van der Waals surface area contributed by atoms with Crippen molar-refractivity contribution in [1.29, 1.82) is 0 Å². The van der Waals surface area contributed by atoms with E-state index in [9.17, 15) is 9.18 Å². The maximum Gasteiger partial charge on any atom is 0.256 e. The third kappa shape index (κ3) is 4.45. The molecule has 0 aliphatic carbocycles. The summed E-state index contributed by atoms with van der Waals surface area (Å²) >= 11 is 0. The molecule has 25 heavy (non-hydrogen) atoms. The average Bonchev–Trinajstić information content (AvgIpc) is 2.67. The van der Waals surface area contributed by atoms with Crippen molar-refractivity contribution in [3.05, 3.63) is 71.5 Å². The molecule has 3 nitrogen and oxygen atoms in total. The second kappa shape index (κ2) is 8.26. The Morgan fingerprint density at radius 3 is 2.44 bits per heavy atom. The van der Waals surface area contributed by atoms with Crippen LogP contribution in [-0.2, 0) is 0 Å². The Labute approximate surface area is 148 Å². The number of hydrogen-bond donors (Lipinski definition) is 1. The minimum atomic E-state index is -0.440. The molecule has 0 spiro atoms. The molecule has 1 N–H and O–H groups in total. The first kappa shape index (κ1) is 17.6. The normalized spacial score (nSPS) is 16.6. The second-order valence-electron chi connectivity index (χ2n) is 6.77. The van der Waals surface area contributed by atoms with E-state index in [0.717, 1.165) is 19.4 Å². The highest BCUT2D eigenvalue weighted by Crippen LogP contribution is 2.18. The Morgan fingerprint density at radius 2 is 1.76 bits per heavy atom. The predicted octanol–water partition coefficient (Wildman–Crippen LogP) is 3.82. The second-order valence-corrected chi connectivity index (χ2v) is 6.77. The van der Waals surface area contributed by atoms with Crippen LogP contribution in [0.3, 0.4) is 0 Å². The van der Waals surface area contributed by atoms with Crippen LogP contribution in [0.15, 0.2) is 54.6 Å². The van der Waals surface area contributed by atoms with E-state index < -0.39 is 5.82 Å². The van der Waals surface area contributed by atoms with Gasteiger partial charge in [0, 0.05) is 25.7 Å². The van der Waals surface area contributed by atoms with Crippen LogP contribution < -0.4 is 5.32 Å². The maximum absolute atomic E-state index is 13.8. The van der Waals surface area contributed by atoms with Crippen molar-refractivity contribution in [2.24, 2.45) is 0 Å². The van der Waals surface area contributed by atoms with Crippen molar-refractivity contribution in [3.63, 3.8) is 0 Å². The molecule has 2 aromatic rings. The van der Waals surface area contributed by atoms with Gasteiger partial charge in [0.25, 0.3) is 5.91 Å². The molecule has 1 aliphatic rings. The summed E-state index contributed by atoms with van der Waals surface area (Å²) in [4.78, 5) is 14.2. The first-order chi connectivity index (χ1) is 12.1. The van der Waals surface area contributed by atoms with Gasteiger partial charge in [0.05, 0.1) is 5.56 Å². The Hall–Kier alpha value is -2.20. The fourth-order valence-electron chi connectivity index (χ4n) is 3.33. The maximum atomic E-state index is 13.8. The van der Waals surface area contributed by atoms with Gasteiger partial charge in [0.2, 0.25) is 0 Å². The van der Waals surface area contributed by atoms with Crippen molar-refractivity contribution in [2.75, 3.05) is 19.6 Å². The minimum absolute atomic E-state index is 0.173. The minimum Gasteiger partial charge on any atom is -0.338 e. The van der Waals surface area contributed by atoms with E-state index in [-0.39, 0.29) is 11.5 Å². The summed E-state index contributed by atoms with van der Waals surface area (Å²) in [6.45, 7) is 4.49. The molecule has 1 aliphatic heterocycles. The molecule has 1 atom stereocenters. The Bertz CT molecular complexity index is 696. The largest absolute Gasteiger partial charge is 0.338 e. The van der Waals surface area contributed by atoms with E-state index in [1.165, 1.54) is 11.6 Å². The molecule has 1 fully saturated rings. The fraction of sp³-hybridized carbons (Fsp3) is 0.381. The van der Waals surface area contributed by atoms with Crippen LogP contribution in [0.4, 0.5) is 4.39 Å². The Morgan fingerprint density at radius 1 is 1.12 bits per heavy atom. The van der Waals surface area contributed by atoms with E-state index in [4.69, 9.17) is 0 Å². The van der Waals surface area contributed by atoms with Crippen LogP contribution in [0.1, 0.15) is 41.6 Å². The van der Waals surface area contributed by atoms with E-state index in [1.54, 1.807) is 23.1 Å². The van der Waals surface area contributed by atoms with Gasteiger partial charge in [-0.15, -0.1) is 0 Å². The monoisotopic (exact) mass is 340 g/mol. The van der Waals surface area contributed by atoms with Gasteiger partial charge in [-0.05, 0) is 36.5 Å². The van der Waals surface area contributed by atoms with Gasteiger partial charge in [-0.25, -0.2) is 4.39 Å². The highest BCUT2D eigenvalue weighted by molar-refractivity contribution is 5.94. The number of benzene rings is 2. The third-order valence-electron chi connectivity index (χ3n) is 4.97. The van der Waals surface area contributed by atoms with Crippen molar-refractivity contribution < 1.29 is 9.18 Å². The molecular weight excluding hydrogens is 315 g/mol. The van der Waals surface area contributed by atoms with Crippen LogP contribution in [-0.4, -0.2) is 36.5 Å². The fourth-order valence-corrected chi connectivity index (χ4v) is 3.33. The van der Waals surface area contributed by atoms with Crippen molar-refractivity contribution in [1.82, 2.24) is 10.2 Å². The van der Waals surface area contributed by atoms with Crippen molar-refractivity contribution >= 4 is 5.91 Å². The molecule has 132 valence electrons. The number of nitrogens with zero attached hydrogens (tertiary/aromatic N) is 1. The summed E-state index contributed by atoms with van der Waals surface area (Å²) in [5, 5.41) is 3.62. The molecule has 3 rings (SSSR count). The number of hydrogen-bond acceptors (Lipinski definition) is 2. The Balaban J connectivity index is 1.47. The summed E-state index contributed by atoms with van der Waals surface area (Å²) in [7, 11) is 0. The van der Waals surface area contributed by atoms with Gasteiger partial charge in [-0.3, -0.25) is 4.79 Å². The third-order valence-corrected chi connectivity index (χ3v) is 4.97. The molecule has 0 unspecified atom stereocenters. The number of carbonyl (C=O) groups is 1. The molecule has 2 aromatic carbocycles. The lowest BCUT2D eigenvalue weighted by Crippen LogP contribution is -2.45. The molecule has 0 bridgehead atoms. The number of likely N-dealkylation sites (tertiary alicyclic amines) is 1. The summed E-state index contributed by atoms with van der Waals surface area (Å²) in [5.41, 5.74) is 1.51. The van der Waals surface area contributed by atoms with E-state index in [1.807, 2.05) is 6.07 Å². The number of piperidine rings is 1. The summed E-state index contributed by atoms with van der Waals surface area (Å²) in [5.74, 6) is -0.182. The van der Waals surface area contributed by atoms with E-state index in [0.29, 0.717) is 25.0 Å². The smallest absolute Gasteiger partial charge is 0.256 e. The van der Waals surface area contributed by atoms with Crippen LogP contribution in [0.2, 0.25) is 0 Å². The average molecular weight is 340 g/mol. The molecule has 0 saturated carbocycles. The van der Waals surface area contributed by atoms with E-state index >= 15 is 0 Å². The first-order valence-electron chi connectivity index (χ1n) is 8.97. The highest BCUT2D eigenvalue weighted by Gasteiger charge is 2.25. The lowest BCUT2D eigenvalue weighted by molar-refractivity contribution is 0.0700. The number of carbonyl (C=O) groups excluding carboxylic acids is 1. The van der Waals surface area contributed by atoms with Crippen LogP contribution in [0, 0.1) is 5.82 Å². The van der Waals surface area contributed by atoms with Gasteiger partial charge in [-0.1, -0.05) is 49.4 Å². The number of halogens is 1. The number of nitrogens with one attached hydrogen (secondary N) is 1. The van der Waals surface area contributed by atoms with Crippen LogP contribution >= 0.6 is 0 Å². The lowest BCUT2D eigenvalue weighted by atomic mass is 9.99. The standard InChI is InChI=1S/C21H25FN2O/c1-16(17-7-3-2-4-8-17)15-23-18-11-13-24(14-12-18)21(25)19-9-5-6-10-20(19)22/h2-10,16,18,23H,11-15H2,1H3/t16-/m1/s1. The van der Waals surface area contributed by atoms with Crippen LogP contribution in [0.25, 0.3) is 0 Å². The zero-order valence-corrected chi connectivity index (χ0v) is 14.6.